The predicted molar refractivity (Wildman–Crippen MR) is 68.7 cm³/mol. The van der Waals surface area contributed by atoms with Crippen LogP contribution in [0.25, 0.3) is 0 Å². The lowest BCUT2D eigenvalue weighted by molar-refractivity contribution is -0.0357. The van der Waals surface area contributed by atoms with Crippen molar-refractivity contribution in [3.8, 4) is 0 Å². The van der Waals surface area contributed by atoms with Gasteiger partial charge in [-0.25, -0.2) is 0 Å². The number of hydrogen-bond donors (Lipinski definition) is 1. The molecule has 1 aromatic rings. The number of ether oxygens (including phenoxy) is 2. The van der Waals surface area contributed by atoms with Crippen LogP contribution >= 0.6 is 23.2 Å². The van der Waals surface area contributed by atoms with E-state index in [1.165, 1.54) is 0 Å². The lowest BCUT2D eigenvalue weighted by atomic mass is 10.2. The molecular formula is C12H15Cl2NO2. The van der Waals surface area contributed by atoms with E-state index in [1.807, 2.05) is 18.2 Å². The number of rotatable bonds is 4. The molecule has 0 aromatic heterocycles. The Bertz CT molecular complexity index is 347. The van der Waals surface area contributed by atoms with Gasteiger partial charge in [0.2, 0.25) is 0 Å². The van der Waals surface area contributed by atoms with Crippen LogP contribution in [0.1, 0.15) is 5.56 Å². The Hall–Kier alpha value is -0.320. The van der Waals surface area contributed by atoms with Crippen LogP contribution < -0.4 is 5.32 Å². The van der Waals surface area contributed by atoms with Gasteiger partial charge in [0, 0.05) is 28.7 Å². The highest BCUT2D eigenvalue weighted by Crippen LogP contribution is 2.24. The van der Waals surface area contributed by atoms with E-state index < -0.39 is 0 Å². The summed E-state index contributed by atoms with van der Waals surface area (Å²) in [5.74, 6) is 0. The fraction of sp³-hybridized carbons (Fsp3) is 0.500. The van der Waals surface area contributed by atoms with E-state index in [1.54, 1.807) is 0 Å². The zero-order valence-electron chi connectivity index (χ0n) is 9.42. The van der Waals surface area contributed by atoms with Crippen LogP contribution in [0.2, 0.25) is 10.0 Å². The number of morpholine rings is 1. The Morgan fingerprint density at radius 3 is 2.76 bits per heavy atom. The minimum absolute atomic E-state index is 0.116. The first-order chi connectivity index (χ1) is 8.27. The van der Waals surface area contributed by atoms with Crippen molar-refractivity contribution in [2.24, 2.45) is 0 Å². The first kappa shape index (κ1) is 13.1. The lowest BCUT2D eigenvalue weighted by Crippen LogP contribution is -2.40. The monoisotopic (exact) mass is 275 g/mol. The van der Waals surface area contributed by atoms with Crippen molar-refractivity contribution >= 4 is 23.2 Å². The number of nitrogens with one attached hydrogen (secondary N) is 1. The van der Waals surface area contributed by atoms with Crippen LogP contribution in [0.4, 0.5) is 0 Å². The van der Waals surface area contributed by atoms with Crippen LogP contribution in [-0.2, 0) is 16.1 Å². The molecule has 94 valence electrons. The Morgan fingerprint density at radius 2 is 2.12 bits per heavy atom. The van der Waals surface area contributed by atoms with Gasteiger partial charge in [-0.3, -0.25) is 0 Å². The highest BCUT2D eigenvalue weighted by Gasteiger charge is 2.14. The molecule has 0 amide bonds. The SMILES string of the molecule is Clc1cccc(Cl)c1COCC1CNCCO1. The highest BCUT2D eigenvalue weighted by molar-refractivity contribution is 6.35. The van der Waals surface area contributed by atoms with Crippen LogP contribution in [0.15, 0.2) is 18.2 Å². The summed E-state index contributed by atoms with van der Waals surface area (Å²) in [6.45, 7) is 3.44. The fourth-order valence-corrected chi connectivity index (χ4v) is 2.20. The molecule has 0 radical (unpaired) electrons. The molecule has 1 saturated heterocycles. The van der Waals surface area contributed by atoms with Crippen molar-refractivity contribution in [2.75, 3.05) is 26.3 Å². The van der Waals surface area contributed by atoms with Gasteiger partial charge in [-0.15, -0.1) is 0 Å². The largest absolute Gasteiger partial charge is 0.374 e. The van der Waals surface area contributed by atoms with E-state index in [0.29, 0.717) is 23.3 Å². The molecule has 0 bridgehead atoms. The molecule has 1 unspecified atom stereocenters. The summed E-state index contributed by atoms with van der Waals surface area (Å²) in [5, 5.41) is 4.53. The van der Waals surface area contributed by atoms with Gasteiger partial charge in [0.05, 0.1) is 25.9 Å². The van der Waals surface area contributed by atoms with Crippen LogP contribution in [0.3, 0.4) is 0 Å². The maximum absolute atomic E-state index is 6.04. The Labute approximate surface area is 111 Å². The first-order valence-corrected chi connectivity index (χ1v) is 6.36. The molecule has 5 heteroatoms. The Kier molecular flexibility index (Phi) is 5.07. The maximum Gasteiger partial charge on any atom is 0.0933 e. The van der Waals surface area contributed by atoms with Gasteiger partial charge in [-0.05, 0) is 12.1 Å². The average Bonchev–Trinajstić information content (AvgIpc) is 2.34. The molecule has 1 aliphatic rings. The van der Waals surface area contributed by atoms with Gasteiger partial charge >= 0.3 is 0 Å². The summed E-state index contributed by atoms with van der Waals surface area (Å²) < 4.78 is 11.1. The second-order valence-corrected chi connectivity index (χ2v) is 4.73. The molecule has 1 aliphatic heterocycles. The van der Waals surface area contributed by atoms with Crippen molar-refractivity contribution in [3.63, 3.8) is 0 Å². The van der Waals surface area contributed by atoms with Crippen molar-refractivity contribution < 1.29 is 9.47 Å². The zero-order valence-corrected chi connectivity index (χ0v) is 10.9. The average molecular weight is 276 g/mol. The maximum atomic E-state index is 6.04. The van der Waals surface area contributed by atoms with E-state index in [9.17, 15) is 0 Å². The molecular weight excluding hydrogens is 261 g/mol. The Balaban J connectivity index is 1.81. The minimum atomic E-state index is 0.116. The van der Waals surface area contributed by atoms with Gasteiger partial charge in [-0.2, -0.15) is 0 Å². The molecule has 2 rings (SSSR count). The molecule has 0 aliphatic carbocycles. The number of halogens is 2. The van der Waals surface area contributed by atoms with E-state index in [0.717, 1.165) is 25.3 Å². The van der Waals surface area contributed by atoms with Crippen molar-refractivity contribution in [1.82, 2.24) is 5.32 Å². The van der Waals surface area contributed by atoms with E-state index >= 15 is 0 Å². The summed E-state index contributed by atoms with van der Waals surface area (Å²) in [7, 11) is 0. The normalized spacial score (nSPS) is 20.5. The minimum Gasteiger partial charge on any atom is -0.374 e. The molecule has 0 spiro atoms. The second-order valence-electron chi connectivity index (χ2n) is 3.91. The van der Waals surface area contributed by atoms with Gasteiger partial charge in [0.25, 0.3) is 0 Å². The van der Waals surface area contributed by atoms with Crippen LogP contribution in [-0.4, -0.2) is 32.4 Å². The zero-order chi connectivity index (χ0) is 12.1. The molecule has 17 heavy (non-hydrogen) atoms. The standard InChI is InChI=1S/C12H15Cl2NO2/c13-11-2-1-3-12(14)10(11)8-16-7-9-6-15-4-5-17-9/h1-3,9,15H,4-8H2. The molecule has 0 saturated carbocycles. The number of hydrogen-bond acceptors (Lipinski definition) is 3. The van der Waals surface area contributed by atoms with E-state index in [-0.39, 0.29) is 6.10 Å². The van der Waals surface area contributed by atoms with E-state index in [4.69, 9.17) is 32.7 Å². The molecule has 3 nitrogen and oxygen atoms in total. The summed E-state index contributed by atoms with van der Waals surface area (Å²) in [6, 6.07) is 5.44. The summed E-state index contributed by atoms with van der Waals surface area (Å²) in [6.07, 6.45) is 0.116. The third-order valence-corrected chi connectivity index (χ3v) is 3.32. The van der Waals surface area contributed by atoms with Gasteiger partial charge < -0.3 is 14.8 Å². The van der Waals surface area contributed by atoms with Crippen molar-refractivity contribution in [3.05, 3.63) is 33.8 Å². The third kappa shape index (κ3) is 3.83. The topological polar surface area (TPSA) is 30.5 Å². The fourth-order valence-electron chi connectivity index (χ4n) is 1.69. The molecule has 1 heterocycles. The van der Waals surface area contributed by atoms with Crippen LogP contribution in [0, 0.1) is 0 Å². The summed E-state index contributed by atoms with van der Waals surface area (Å²) >= 11 is 12.1. The van der Waals surface area contributed by atoms with Gasteiger partial charge in [0.15, 0.2) is 0 Å². The molecule has 1 N–H and O–H groups in total. The van der Waals surface area contributed by atoms with Crippen molar-refractivity contribution in [2.45, 2.75) is 12.7 Å². The Morgan fingerprint density at radius 1 is 1.35 bits per heavy atom. The molecule has 1 atom stereocenters. The van der Waals surface area contributed by atoms with Crippen molar-refractivity contribution in [1.29, 1.82) is 0 Å². The van der Waals surface area contributed by atoms with Crippen LogP contribution in [0.5, 0.6) is 0 Å². The predicted octanol–water partition coefficient (Wildman–Crippen LogP) is 2.50. The van der Waals surface area contributed by atoms with Gasteiger partial charge in [0.1, 0.15) is 0 Å². The second kappa shape index (κ2) is 6.57. The molecule has 1 aromatic carbocycles. The smallest absolute Gasteiger partial charge is 0.0933 e. The highest BCUT2D eigenvalue weighted by atomic mass is 35.5. The quantitative estimate of drug-likeness (QED) is 0.916. The summed E-state index contributed by atoms with van der Waals surface area (Å²) in [5.41, 5.74) is 0.833. The summed E-state index contributed by atoms with van der Waals surface area (Å²) in [4.78, 5) is 0. The third-order valence-electron chi connectivity index (χ3n) is 2.62. The first-order valence-electron chi connectivity index (χ1n) is 5.60. The number of benzene rings is 1. The van der Waals surface area contributed by atoms with E-state index in [2.05, 4.69) is 5.32 Å². The van der Waals surface area contributed by atoms with Gasteiger partial charge in [-0.1, -0.05) is 29.3 Å². The molecule has 1 fully saturated rings. The lowest BCUT2D eigenvalue weighted by Gasteiger charge is -2.23.